The zero-order valence-electron chi connectivity index (χ0n) is 19.4. The van der Waals surface area contributed by atoms with Gasteiger partial charge in [0.25, 0.3) is 0 Å². The van der Waals surface area contributed by atoms with Crippen molar-refractivity contribution in [3.8, 4) is 17.6 Å². The lowest BCUT2D eigenvalue weighted by Gasteiger charge is -2.30. The molecule has 0 fully saturated rings. The zero-order chi connectivity index (χ0) is 25.4. The van der Waals surface area contributed by atoms with E-state index in [0.29, 0.717) is 30.4 Å². The summed E-state index contributed by atoms with van der Waals surface area (Å²) in [6.45, 7) is 2.36. The highest BCUT2D eigenvalue weighted by Gasteiger charge is 2.43. The molecule has 36 heavy (non-hydrogen) atoms. The number of halogens is 3. The second-order valence-corrected chi connectivity index (χ2v) is 8.44. The molecule has 11 heteroatoms. The van der Waals surface area contributed by atoms with Gasteiger partial charge < -0.3 is 4.74 Å². The van der Waals surface area contributed by atoms with Crippen LogP contribution in [0.2, 0.25) is 0 Å². The van der Waals surface area contributed by atoms with Crippen LogP contribution in [0.5, 0.6) is 5.75 Å². The van der Waals surface area contributed by atoms with Crippen LogP contribution < -0.4 is 4.74 Å². The van der Waals surface area contributed by atoms with Crippen LogP contribution in [0, 0.1) is 35.7 Å². The Balaban J connectivity index is 1.49. The molecule has 0 bridgehead atoms. The Kier molecular flexibility index (Phi) is 5.80. The number of fused-ring (bicyclic) bond motifs is 1. The summed E-state index contributed by atoms with van der Waals surface area (Å²) >= 11 is 0. The first kappa shape index (κ1) is 23.3. The number of benzene rings is 1. The minimum atomic E-state index is -1.58. The Morgan fingerprint density at radius 2 is 1.92 bits per heavy atom. The fourth-order valence-electron chi connectivity index (χ4n) is 4.35. The number of nitriles is 1. The molecule has 1 aliphatic heterocycles. The van der Waals surface area contributed by atoms with Gasteiger partial charge in [-0.1, -0.05) is 0 Å². The van der Waals surface area contributed by atoms with Crippen molar-refractivity contribution >= 4 is 12.2 Å². The van der Waals surface area contributed by atoms with Crippen molar-refractivity contribution in [3.63, 3.8) is 0 Å². The van der Waals surface area contributed by atoms with Crippen molar-refractivity contribution in [1.82, 2.24) is 29.3 Å². The molecule has 3 aromatic heterocycles. The molecular weight excluding hydrogens is 471 g/mol. The number of pyridine rings is 1. The Hall–Kier alpha value is -4.46. The van der Waals surface area contributed by atoms with Crippen molar-refractivity contribution in [1.29, 1.82) is 5.26 Å². The molecular formula is C25H20F3N7O. The largest absolute Gasteiger partial charge is 0.493 e. The minimum absolute atomic E-state index is 0.00421. The van der Waals surface area contributed by atoms with Crippen LogP contribution in [0.25, 0.3) is 18.0 Å². The Bertz CT molecular complexity index is 1510. The summed E-state index contributed by atoms with van der Waals surface area (Å²) in [6.07, 6.45) is 9.33. The molecule has 0 amide bonds. The molecule has 0 unspecified atom stereocenters. The lowest BCUT2D eigenvalue weighted by Crippen LogP contribution is -2.35. The molecule has 4 heterocycles. The van der Waals surface area contributed by atoms with E-state index in [4.69, 9.17) is 4.74 Å². The Labute approximate surface area is 204 Å². The van der Waals surface area contributed by atoms with Gasteiger partial charge in [-0.05, 0) is 61.2 Å². The van der Waals surface area contributed by atoms with Crippen LogP contribution in [-0.2, 0) is 12.0 Å². The highest BCUT2D eigenvalue weighted by atomic mass is 19.2. The fraction of sp³-hybridized carbons (Fsp3) is 0.240. The zero-order valence-corrected chi connectivity index (χ0v) is 19.4. The number of methoxy groups -OCH3 is 1. The van der Waals surface area contributed by atoms with Crippen LogP contribution in [0.1, 0.15) is 41.3 Å². The molecule has 182 valence electrons. The molecule has 0 aliphatic carbocycles. The predicted molar refractivity (Wildman–Crippen MR) is 124 cm³/mol. The van der Waals surface area contributed by atoms with E-state index in [9.17, 15) is 18.4 Å². The minimum Gasteiger partial charge on any atom is -0.493 e. The first-order chi connectivity index (χ1) is 17.3. The SMILES string of the molecule is COc1cc(/C=C/c2nc3n(n2)CCC[C@]3(C#N)c2cc(F)c(F)c(F)c2)cnc1-n1cnc(C)c1. The number of ether oxygens (including phenoxy) is 1. The van der Waals surface area contributed by atoms with E-state index < -0.39 is 22.9 Å². The van der Waals surface area contributed by atoms with Crippen LogP contribution in [0.3, 0.4) is 0 Å². The van der Waals surface area contributed by atoms with Gasteiger partial charge >= 0.3 is 0 Å². The first-order valence-electron chi connectivity index (χ1n) is 11.1. The Morgan fingerprint density at radius 3 is 2.58 bits per heavy atom. The average molecular weight is 491 g/mol. The lowest BCUT2D eigenvalue weighted by atomic mass is 9.75. The quantitative estimate of drug-likeness (QED) is 0.385. The smallest absolute Gasteiger partial charge is 0.194 e. The van der Waals surface area contributed by atoms with E-state index in [2.05, 4.69) is 26.1 Å². The van der Waals surface area contributed by atoms with Gasteiger partial charge in [0.15, 0.2) is 40.7 Å². The summed E-state index contributed by atoms with van der Waals surface area (Å²) in [5.74, 6) is -2.60. The second kappa shape index (κ2) is 8.96. The van der Waals surface area contributed by atoms with Gasteiger partial charge in [0.1, 0.15) is 11.7 Å². The van der Waals surface area contributed by atoms with E-state index in [1.54, 1.807) is 47.1 Å². The molecule has 0 spiro atoms. The lowest BCUT2D eigenvalue weighted by molar-refractivity contribution is 0.385. The standard InChI is InChI=1S/C25H20F3N7O/c1-15-12-34(14-31-15)23-20(36-2)8-16(11-30-23)4-5-21-32-24-25(13-29,6-3-7-35(24)33-21)17-9-18(26)22(28)19(27)10-17/h4-5,8-12,14H,3,6-7H2,1-2H3/b5-4+/t25-/m0/s1. The molecule has 4 aromatic rings. The molecule has 0 saturated carbocycles. The summed E-state index contributed by atoms with van der Waals surface area (Å²) in [5, 5.41) is 14.5. The summed E-state index contributed by atoms with van der Waals surface area (Å²) in [6, 6.07) is 5.65. The number of hydrogen-bond donors (Lipinski definition) is 0. The Morgan fingerprint density at radius 1 is 1.14 bits per heavy atom. The predicted octanol–water partition coefficient (Wildman–Crippen LogP) is 4.37. The normalized spacial score (nSPS) is 17.2. The van der Waals surface area contributed by atoms with E-state index in [-0.39, 0.29) is 17.8 Å². The average Bonchev–Trinajstić information content (AvgIpc) is 3.51. The molecule has 0 N–H and O–H groups in total. The first-order valence-corrected chi connectivity index (χ1v) is 11.1. The highest BCUT2D eigenvalue weighted by Crippen LogP contribution is 2.39. The highest BCUT2D eigenvalue weighted by molar-refractivity contribution is 5.68. The third-order valence-electron chi connectivity index (χ3n) is 6.11. The van der Waals surface area contributed by atoms with Crippen molar-refractivity contribution < 1.29 is 17.9 Å². The van der Waals surface area contributed by atoms with E-state index in [0.717, 1.165) is 23.4 Å². The molecule has 0 radical (unpaired) electrons. The van der Waals surface area contributed by atoms with Gasteiger partial charge in [-0.2, -0.15) is 10.4 Å². The maximum absolute atomic E-state index is 14.0. The van der Waals surface area contributed by atoms with Crippen LogP contribution in [0.15, 0.2) is 36.9 Å². The number of hydrogen-bond acceptors (Lipinski definition) is 6. The summed E-state index contributed by atoms with van der Waals surface area (Å²) in [5.41, 5.74) is 0.110. The van der Waals surface area contributed by atoms with Crippen molar-refractivity contribution in [2.45, 2.75) is 31.7 Å². The molecule has 8 nitrogen and oxygen atoms in total. The number of imidazole rings is 1. The molecule has 1 aliphatic rings. The van der Waals surface area contributed by atoms with Crippen LogP contribution in [0.4, 0.5) is 13.2 Å². The van der Waals surface area contributed by atoms with Gasteiger partial charge in [0, 0.05) is 18.9 Å². The number of aryl methyl sites for hydroxylation is 2. The fourth-order valence-corrected chi connectivity index (χ4v) is 4.35. The van der Waals surface area contributed by atoms with Crippen LogP contribution >= 0.6 is 0 Å². The maximum atomic E-state index is 14.0. The number of rotatable bonds is 5. The molecule has 1 atom stereocenters. The van der Waals surface area contributed by atoms with Crippen molar-refractivity contribution in [3.05, 3.63) is 82.8 Å². The number of nitrogens with zero attached hydrogens (tertiary/aromatic N) is 7. The maximum Gasteiger partial charge on any atom is 0.194 e. The van der Waals surface area contributed by atoms with Crippen molar-refractivity contribution in [2.75, 3.05) is 7.11 Å². The summed E-state index contributed by atoms with van der Waals surface area (Å²) in [4.78, 5) is 13.2. The third-order valence-corrected chi connectivity index (χ3v) is 6.11. The number of aromatic nitrogens is 6. The summed E-state index contributed by atoms with van der Waals surface area (Å²) < 4.78 is 50.3. The molecule has 5 rings (SSSR count). The summed E-state index contributed by atoms with van der Waals surface area (Å²) in [7, 11) is 1.55. The second-order valence-electron chi connectivity index (χ2n) is 8.44. The third kappa shape index (κ3) is 3.90. The van der Waals surface area contributed by atoms with Crippen molar-refractivity contribution in [2.24, 2.45) is 0 Å². The van der Waals surface area contributed by atoms with Gasteiger partial charge in [0.2, 0.25) is 0 Å². The molecule has 0 saturated heterocycles. The van der Waals surface area contributed by atoms with Gasteiger partial charge in [-0.25, -0.2) is 32.8 Å². The monoisotopic (exact) mass is 491 g/mol. The van der Waals surface area contributed by atoms with Gasteiger partial charge in [-0.3, -0.25) is 4.57 Å². The van der Waals surface area contributed by atoms with Crippen LogP contribution in [-0.4, -0.2) is 36.4 Å². The van der Waals surface area contributed by atoms with Gasteiger partial charge in [0.05, 0.1) is 18.9 Å². The van der Waals surface area contributed by atoms with E-state index >= 15 is 0 Å². The molecule has 1 aromatic carbocycles. The van der Waals surface area contributed by atoms with E-state index in [1.807, 2.05) is 13.1 Å². The topological polar surface area (TPSA) is 94.4 Å². The van der Waals surface area contributed by atoms with Gasteiger partial charge in [-0.15, -0.1) is 0 Å². The van der Waals surface area contributed by atoms with E-state index in [1.165, 1.54) is 0 Å².